The maximum absolute atomic E-state index is 12.1. The molecule has 0 bridgehead atoms. The Labute approximate surface area is 183 Å². The Morgan fingerprint density at radius 3 is 2.61 bits per heavy atom. The highest BCUT2D eigenvalue weighted by Gasteiger charge is 2.10. The molecule has 2 heterocycles. The average Bonchev–Trinajstić information content (AvgIpc) is 3.43. The van der Waals surface area contributed by atoms with Gasteiger partial charge in [0.15, 0.2) is 5.82 Å². The van der Waals surface area contributed by atoms with Gasteiger partial charge in [-0.1, -0.05) is 73.2 Å². The number of aromatic nitrogens is 6. The minimum atomic E-state index is -0.0897. The summed E-state index contributed by atoms with van der Waals surface area (Å²) in [4.78, 5) is 17.0. The first-order chi connectivity index (χ1) is 15.1. The zero-order valence-corrected chi connectivity index (χ0v) is 18.3. The first kappa shape index (κ1) is 20.8. The van der Waals surface area contributed by atoms with E-state index in [-0.39, 0.29) is 5.91 Å². The van der Waals surface area contributed by atoms with Crippen molar-refractivity contribution in [2.75, 3.05) is 0 Å². The summed E-state index contributed by atoms with van der Waals surface area (Å²) in [5.74, 6) is 0.542. The van der Waals surface area contributed by atoms with Crippen LogP contribution >= 0.6 is 11.3 Å². The van der Waals surface area contributed by atoms with E-state index in [2.05, 4.69) is 61.9 Å². The van der Waals surface area contributed by atoms with Gasteiger partial charge in [-0.3, -0.25) is 4.79 Å². The van der Waals surface area contributed by atoms with Gasteiger partial charge in [0.2, 0.25) is 10.7 Å². The van der Waals surface area contributed by atoms with Gasteiger partial charge in [-0.25, -0.2) is 9.78 Å². The normalized spacial score (nSPS) is 11.7. The summed E-state index contributed by atoms with van der Waals surface area (Å²) >= 11 is 1.44. The molecule has 9 heteroatoms. The largest absolute Gasteiger partial charge is 0.273 e. The monoisotopic (exact) mass is 433 g/mol. The molecule has 2 aromatic heterocycles. The zero-order chi connectivity index (χ0) is 21.6. The molecule has 0 fully saturated rings. The van der Waals surface area contributed by atoms with E-state index in [0.29, 0.717) is 23.6 Å². The van der Waals surface area contributed by atoms with Crippen LogP contribution in [-0.2, 0) is 11.3 Å². The Hall–Kier alpha value is -3.46. The van der Waals surface area contributed by atoms with Gasteiger partial charge in [0, 0.05) is 12.0 Å². The van der Waals surface area contributed by atoms with E-state index in [1.165, 1.54) is 11.3 Å². The van der Waals surface area contributed by atoms with Gasteiger partial charge in [-0.15, -0.1) is 5.10 Å². The maximum atomic E-state index is 12.1. The Morgan fingerprint density at radius 2 is 1.90 bits per heavy atom. The molecule has 4 aromatic rings. The molecule has 1 amide bonds. The Bertz CT molecular complexity index is 1220. The number of aromatic amines is 1. The van der Waals surface area contributed by atoms with Crippen molar-refractivity contribution in [2.45, 2.75) is 39.7 Å². The van der Waals surface area contributed by atoms with Crippen molar-refractivity contribution in [3.63, 3.8) is 0 Å². The fourth-order valence-electron chi connectivity index (χ4n) is 3.27. The Morgan fingerprint density at radius 1 is 1.13 bits per heavy atom. The van der Waals surface area contributed by atoms with Crippen LogP contribution in [-0.4, -0.2) is 36.3 Å². The molecule has 0 spiro atoms. The fraction of sp³-hybridized carbons (Fsp3) is 0.273. The number of carbonyl (C=O) groups excluding carboxylic acids is 1. The topological polar surface area (TPSA) is 102 Å². The third kappa shape index (κ3) is 5.00. The summed E-state index contributed by atoms with van der Waals surface area (Å²) < 4.78 is 1.80. The summed E-state index contributed by atoms with van der Waals surface area (Å²) in [6.45, 7) is 4.54. The maximum Gasteiger partial charge on any atom is 0.248 e. The number of aryl methyl sites for hydroxylation is 1. The van der Waals surface area contributed by atoms with Crippen LogP contribution in [0.3, 0.4) is 0 Å². The molecule has 8 nitrogen and oxygen atoms in total. The molecule has 31 heavy (non-hydrogen) atoms. The van der Waals surface area contributed by atoms with Crippen LogP contribution in [0.15, 0.2) is 53.5 Å². The summed E-state index contributed by atoms with van der Waals surface area (Å²) in [6.07, 6.45) is 2.31. The van der Waals surface area contributed by atoms with E-state index in [1.807, 2.05) is 31.2 Å². The van der Waals surface area contributed by atoms with E-state index in [1.54, 1.807) is 4.68 Å². The molecule has 0 aliphatic carbocycles. The number of tetrazole rings is 1. The van der Waals surface area contributed by atoms with E-state index in [4.69, 9.17) is 0 Å². The van der Waals surface area contributed by atoms with E-state index in [0.717, 1.165) is 40.1 Å². The highest BCUT2D eigenvalue weighted by atomic mass is 32.1. The quantitative estimate of drug-likeness (QED) is 0.478. The van der Waals surface area contributed by atoms with Crippen LogP contribution in [0.1, 0.15) is 36.8 Å². The van der Waals surface area contributed by atoms with Crippen molar-refractivity contribution in [1.82, 2.24) is 30.4 Å². The molecule has 0 aliphatic heterocycles. The van der Waals surface area contributed by atoms with Gasteiger partial charge >= 0.3 is 0 Å². The summed E-state index contributed by atoms with van der Waals surface area (Å²) in [6, 6.07) is 16.3. The van der Waals surface area contributed by atoms with Gasteiger partial charge in [0.05, 0.1) is 6.54 Å². The molecular weight excluding hydrogens is 410 g/mol. The SMILES string of the molecule is CCCCC(=O)N=c1sc(C)nn1Cc1ccc(-c2ccccc2-c2nnn[nH]2)cc1. The van der Waals surface area contributed by atoms with Crippen LogP contribution in [0.5, 0.6) is 0 Å². The van der Waals surface area contributed by atoms with Gasteiger partial charge < -0.3 is 0 Å². The van der Waals surface area contributed by atoms with Gasteiger partial charge in [-0.2, -0.15) is 10.1 Å². The number of hydrogen-bond donors (Lipinski definition) is 1. The van der Waals surface area contributed by atoms with Crippen molar-refractivity contribution in [3.05, 3.63) is 63.9 Å². The third-order valence-electron chi connectivity index (χ3n) is 4.81. The van der Waals surface area contributed by atoms with Crippen LogP contribution in [0, 0.1) is 6.92 Å². The molecular formula is C22H23N7OS. The number of nitrogens with one attached hydrogen (secondary N) is 1. The number of carbonyl (C=O) groups is 1. The molecule has 1 N–H and O–H groups in total. The highest BCUT2D eigenvalue weighted by Crippen LogP contribution is 2.29. The van der Waals surface area contributed by atoms with Crippen LogP contribution < -0.4 is 4.80 Å². The Balaban J connectivity index is 1.58. The smallest absolute Gasteiger partial charge is 0.248 e. The van der Waals surface area contributed by atoms with Crippen LogP contribution in [0.2, 0.25) is 0 Å². The molecule has 0 saturated heterocycles. The van der Waals surface area contributed by atoms with E-state index < -0.39 is 0 Å². The number of rotatable bonds is 7. The molecule has 2 aromatic carbocycles. The van der Waals surface area contributed by atoms with Crippen molar-refractivity contribution in [3.8, 4) is 22.5 Å². The molecule has 0 aliphatic rings. The predicted octanol–water partition coefficient (Wildman–Crippen LogP) is 3.77. The number of amides is 1. The summed E-state index contributed by atoms with van der Waals surface area (Å²) in [5.41, 5.74) is 4.13. The minimum absolute atomic E-state index is 0.0897. The second kappa shape index (κ2) is 9.57. The fourth-order valence-corrected chi connectivity index (χ4v) is 4.03. The molecule has 0 saturated carbocycles. The van der Waals surface area contributed by atoms with Crippen molar-refractivity contribution in [1.29, 1.82) is 0 Å². The predicted molar refractivity (Wildman–Crippen MR) is 119 cm³/mol. The second-order valence-electron chi connectivity index (χ2n) is 7.16. The lowest BCUT2D eigenvalue weighted by molar-refractivity contribution is -0.118. The number of H-pyrrole nitrogens is 1. The first-order valence-electron chi connectivity index (χ1n) is 10.2. The lowest BCUT2D eigenvalue weighted by Crippen LogP contribution is -2.19. The number of unbranched alkanes of at least 4 members (excludes halogenated alkanes) is 1. The number of nitrogens with zero attached hydrogens (tertiary/aromatic N) is 6. The minimum Gasteiger partial charge on any atom is -0.273 e. The summed E-state index contributed by atoms with van der Waals surface area (Å²) in [7, 11) is 0. The van der Waals surface area contributed by atoms with E-state index >= 15 is 0 Å². The van der Waals surface area contributed by atoms with Crippen molar-refractivity contribution in [2.24, 2.45) is 4.99 Å². The molecule has 0 atom stereocenters. The van der Waals surface area contributed by atoms with Gasteiger partial charge in [0.1, 0.15) is 5.01 Å². The molecule has 0 unspecified atom stereocenters. The van der Waals surface area contributed by atoms with Crippen molar-refractivity contribution >= 4 is 17.2 Å². The number of benzene rings is 2. The lowest BCUT2D eigenvalue weighted by atomic mass is 9.98. The molecule has 158 valence electrons. The summed E-state index contributed by atoms with van der Waals surface area (Å²) in [5, 5.41) is 19.6. The van der Waals surface area contributed by atoms with Crippen LogP contribution in [0.25, 0.3) is 22.5 Å². The highest BCUT2D eigenvalue weighted by molar-refractivity contribution is 7.08. The molecule has 4 rings (SSSR count). The Kier molecular flexibility index (Phi) is 6.42. The molecule has 0 radical (unpaired) electrons. The standard InChI is InChI=1S/C22H23N7OS/c1-3-4-9-20(30)23-22-29(26-15(2)31-22)14-16-10-12-17(13-11-16)18-7-5-6-8-19(18)21-24-27-28-25-21/h5-8,10-13H,3-4,9,14H2,1-2H3,(H,24,25,27,28). The second-order valence-corrected chi connectivity index (χ2v) is 8.32. The van der Waals surface area contributed by atoms with Crippen LogP contribution in [0.4, 0.5) is 0 Å². The third-order valence-corrected chi connectivity index (χ3v) is 5.67. The average molecular weight is 434 g/mol. The van der Waals surface area contributed by atoms with Crippen molar-refractivity contribution < 1.29 is 4.79 Å². The lowest BCUT2D eigenvalue weighted by Gasteiger charge is -2.08. The van der Waals surface area contributed by atoms with E-state index in [9.17, 15) is 4.79 Å². The first-order valence-corrected chi connectivity index (χ1v) is 11.0. The van der Waals surface area contributed by atoms with Gasteiger partial charge in [0.25, 0.3) is 0 Å². The zero-order valence-electron chi connectivity index (χ0n) is 17.4. The number of hydrogen-bond acceptors (Lipinski definition) is 6. The van der Waals surface area contributed by atoms with Gasteiger partial charge in [-0.05, 0) is 40.5 Å².